The van der Waals surface area contributed by atoms with Crippen molar-refractivity contribution in [2.45, 2.75) is 64.4 Å². The maximum Gasteiger partial charge on any atom is 0.410 e. The number of carbonyl (C=O) groups is 2. The van der Waals surface area contributed by atoms with Gasteiger partial charge in [-0.1, -0.05) is 31.0 Å². The van der Waals surface area contributed by atoms with E-state index >= 15 is 0 Å². The summed E-state index contributed by atoms with van der Waals surface area (Å²) in [4.78, 5) is 36.4. The number of anilines is 1. The molecule has 0 bridgehead atoms. The standard InChI is InChI=1S/C32H42N4O3/c1-32(2,3)39-31(38)36-18-16-35(17-19-36)26-14-10-22(11-15-26)20-25-13-12-24-21-27(30(37)34(4)5)28(29(24)33-25)23-8-6-7-9-23/h10-15,21,23,28H,6-9,16-20H2,1-5H3. The molecule has 2 fully saturated rings. The van der Waals surface area contributed by atoms with Gasteiger partial charge < -0.3 is 19.4 Å². The van der Waals surface area contributed by atoms with Gasteiger partial charge in [-0.05, 0) is 74.9 Å². The van der Waals surface area contributed by atoms with Crippen LogP contribution < -0.4 is 4.90 Å². The van der Waals surface area contributed by atoms with Crippen molar-refractivity contribution in [2.75, 3.05) is 45.2 Å². The number of pyridine rings is 1. The third kappa shape index (κ3) is 6.13. The minimum absolute atomic E-state index is 0.106. The van der Waals surface area contributed by atoms with Crippen LogP contribution in [0.25, 0.3) is 6.08 Å². The Morgan fingerprint density at radius 1 is 0.974 bits per heavy atom. The van der Waals surface area contributed by atoms with E-state index in [-0.39, 0.29) is 17.9 Å². The Labute approximate surface area is 232 Å². The van der Waals surface area contributed by atoms with Crippen molar-refractivity contribution >= 4 is 23.8 Å². The number of hydrogen-bond acceptors (Lipinski definition) is 5. The number of hydrogen-bond donors (Lipinski definition) is 0. The summed E-state index contributed by atoms with van der Waals surface area (Å²) in [6.07, 6.45) is 7.42. The Morgan fingerprint density at radius 2 is 1.64 bits per heavy atom. The van der Waals surface area contributed by atoms with Gasteiger partial charge in [0.15, 0.2) is 0 Å². The largest absolute Gasteiger partial charge is 0.444 e. The molecule has 0 N–H and O–H groups in total. The second-order valence-electron chi connectivity index (χ2n) is 12.4. The molecule has 0 spiro atoms. The van der Waals surface area contributed by atoms with E-state index in [9.17, 15) is 9.59 Å². The summed E-state index contributed by atoms with van der Waals surface area (Å²) in [5.41, 5.74) is 6.04. The molecule has 2 aliphatic carbocycles. The quantitative estimate of drug-likeness (QED) is 0.512. The lowest BCUT2D eigenvalue weighted by molar-refractivity contribution is -0.125. The van der Waals surface area contributed by atoms with Gasteiger partial charge >= 0.3 is 6.09 Å². The highest BCUT2D eigenvalue weighted by Gasteiger charge is 2.38. The van der Waals surface area contributed by atoms with Crippen LogP contribution in [0, 0.1) is 5.92 Å². The van der Waals surface area contributed by atoms with E-state index in [0.717, 1.165) is 42.0 Å². The van der Waals surface area contributed by atoms with Crippen LogP contribution in [0.4, 0.5) is 10.5 Å². The van der Waals surface area contributed by atoms with Gasteiger partial charge in [0.2, 0.25) is 5.91 Å². The highest BCUT2D eigenvalue weighted by atomic mass is 16.6. The number of fused-ring (bicyclic) bond motifs is 1. The van der Waals surface area contributed by atoms with Gasteiger partial charge in [-0.25, -0.2) is 4.79 Å². The molecule has 2 amide bonds. The van der Waals surface area contributed by atoms with Crippen LogP contribution in [0.5, 0.6) is 0 Å². The first kappa shape index (κ1) is 27.2. The summed E-state index contributed by atoms with van der Waals surface area (Å²) in [5.74, 6) is 0.715. The van der Waals surface area contributed by atoms with Crippen LogP contribution in [-0.4, -0.2) is 72.7 Å². The normalized spacial score (nSPS) is 19.6. The Morgan fingerprint density at radius 3 is 2.26 bits per heavy atom. The van der Waals surface area contributed by atoms with Crippen molar-refractivity contribution in [3.8, 4) is 0 Å². The summed E-state index contributed by atoms with van der Waals surface area (Å²) < 4.78 is 5.52. The number of carbonyl (C=O) groups excluding carboxylic acids is 2. The van der Waals surface area contributed by atoms with Gasteiger partial charge in [-0.3, -0.25) is 9.78 Å². The lowest BCUT2D eigenvalue weighted by Crippen LogP contribution is -2.50. The number of nitrogens with zero attached hydrogens (tertiary/aromatic N) is 4. The minimum Gasteiger partial charge on any atom is -0.444 e. The molecule has 1 saturated carbocycles. The van der Waals surface area contributed by atoms with Crippen LogP contribution in [0.15, 0.2) is 42.0 Å². The third-order valence-electron chi connectivity index (χ3n) is 8.10. The summed E-state index contributed by atoms with van der Waals surface area (Å²) in [6.45, 7) is 8.58. The Kier molecular flexibility index (Phi) is 7.70. The van der Waals surface area contributed by atoms with Crippen LogP contribution >= 0.6 is 0 Å². The molecule has 1 aliphatic heterocycles. The van der Waals surface area contributed by atoms with Gasteiger partial charge in [0.1, 0.15) is 5.60 Å². The second-order valence-corrected chi connectivity index (χ2v) is 12.4. The molecule has 1 aromatic heterocycles. The first-order chi connectivity index (χ1) is 18.6. The number of likely N-dealkylation sites (N-methyl/N-ethyl adjacent to an activating group) is 1. The molecular weight excluding hydrogens is 488 g/mol. The number of aromatic nitrogens is 1. The highest BCUT2D eigenvalue weighted by molar-refractivity contribution is 6.01. The molecule has 7 nitrogen and oxygen atoms in total. The lowest BCUT2D eigenvalue weighted by atomic mass is 9.84. The first-order valence-corrected chi connectivity index (χ1v) is 14.3. The molecule has 2 heterocycles. The Bertz CT molecular complexity index is 1230. The molecule has 5 rings (SSSR count). The van der Waals surface area contributed by atoms with E-state index in [4.69, 9.17) is 9.72 Å². The predicted octanol–water partition coefficient (Wildman–Crippen LogP) is 5.49. The van der Waals surface area contributed by atoms with E-state index in [1.807, 2.05) is 34.9 Å². The average molecular weight is 531 g/mol. The molecule has 208 valence electrons. The Hall–Kier alpha value is -3.35. The molecule has 1 saturated heterocycles. The van der Waals surface area contributed by atoms with Gasteiger partial charge in [0, 0.05) is 69.6 Å². The fourth-order valence-electron chi connectivity index (χ4n) is 6.13. The molecule has 0 radical (unpaired) electrons. The van der Waals surface area contributed by atoms with Gasteiger partial charge in [0.05, 0.1) is 5.69 Å². The van der Waals surface area contributed by atoms with Crippen molar-refractivity contribution in [3.05, 3.63) is 64.5 Å². The van der Waals surface area contributed by atoms with Crippen molar-refractivity contribution in [2.24, 2.45) is 5.92 Å². The number of rotatable bonds is 5. The van der Waals surface area contributed by atoms with Gasteiger partial charge in [-0.15, -0.1) is 0 Å². The van der Waals surface area contributed by atoms with Crippen LogP contribution in [0.2, 0.25) is 0 Å². The highest BCUT2D eigenvalue weighted by Crippen LogP contribution is 2.47. The van der Waals surface area contributed by atoms with E-state index < -0.39 is 5.60 Å². The van der Waals surface area contributed by atoms with E-state index in [1.54, 1.807) is 9.80 Å². The number of benzene rings is 1. The topological polar surface area (TPSA) is 66.0 Å². The molecule has 1 unspecified atom stereocenters. The maximum atomic E-state index is 13.0. The van der Waals surface area contributed by atoms with Crippen molar-refractivity contribution in [1.82, 2.24) is 14.8 Å². The van der Waals surface area contributed by atoms with E-state index in [2.05, 4.69) is 47.4 Å². The summed E-state index contributed by atoms with van der Waals surface area (Å²) in [6, 6.07) is 12.9. The smallest absolute Gasteiger partial charge is 0.410 e. The maximum absolute atomic E-state index is 13.0. The van der Waals surface area contributed by atoms with Crippen molar-refractivity contribution in [3.63, 3.8) is 0 Å². The zero-order valence-corrected chi connectivity index (χ0v) is 24.1. The Balaban J connectivity index is 1.24. The molecule has 7 heteroatoms. The molecule has 1 aromatic carbocycles. The van der Waals surface area contributed by atoms with Crippen LogP contribution in [0.1, 0.15) is 74.9 Å². The fourth-order valence-corrected chi connectivity index (χ4v) is 6.13. The van der Waals surface area contributed by atoms with E-state index in [0.29, 0.717) is 19.0 Å². The zero-order chi connectivity index (χ0) is 27.7. The zero-order valence-electron chi connectivity index (χ0n) is 24.1. The van der Waals surface area contributed by atoms with Crippen molar-refractivity contribution < 1.29 is 14.3 Å². The summed E-state index contributed by atoms with van der Waals surface area (Å²) in [7, 11) is 3.67. The SMILES string of the molecule is CN(C)C(=O)C1=Cc2ccc(Cc3ccc(N4CCN(C(=O)OC(C)(C)C)CC4)cc3)nc2C1C1CCCC1. The van der Waals surface area contributed by atoms with Crippen LogP contribution in [0.3, 0.4) is 0 Å². The molecule has 2 aromatic rings. The van der Waals surface area contributed by atoms with E-state index in [1.165, 1.54) is 36.9 Å². The average Bonchev–Trinajstić information content (AvgIpc) is 3.55. The monoisotopic (exact) mass is 530 g/mol. The lowest BCUT2D eigenvalue weighted by Gasteiger charge is -2.36. The fraction of sp³-hybridized carbons (Fsp3) is 0.531. The van der Waals surface area contributed by atoms with Gasteiger partial charge in [0.25, 0.3) is 0 Å². The second kappa shape index (κ2) is 11.0. The van der Waals surface area contributed by atoms with Gasteiger partial charge in [-0.2, -0.15) is 0 Å². The van der Waals surface area contributed by atoms with Crippen molar-refractivity contribution in [1.29, 1.82) is 0 Å². The molecular formula is C32H42N4O3. The molecule has 1 atom stereocenters. The predicted molar refractivity (Wildman–Crippen MR) is 155 cm³/mol. The number of piperazine rings is 1. The molecule has 39 heavy (non-hydrogen) atoms. The minimum atomic E-state index is -0.475. The molecule has 3 aliphatic rings. The number of ether oxygens (including phenoxy) is 1. The third-order valence-corrected chi connectivity index (χ3v) is 8.10. The first-order valence-electron chi connectivity index (χ1n) is 14.3. The summed E-state index contributed by atoms with van der Waals surface area (Å²) >= 11 is 0. The summed E-state index contributed by atoms with van der Waals surface area (Å²) in [5, 5.41) is 0. The van der Waals surface area contributed by atoms with Crippen LogP contribution in [-0.2, 0) is 16.0 Å². The number of amides is 2.